The molecule has 0 aliphatic carbocycles. The first kappa shape index (κ1) is 11.2. The molecular formula is C13H13ClO2. The SMILES string of the molecule is CC(C)(C)c1c(C=O)oc2cccc(Cl)c12. The molecule has 0 fully saturated rings. The van der Waals surface area contributed by atoms with Gasteiger partial charge in [0.05, 0.1) is 5.02 Å². The molecule has 0 atom stereocenters. The molecule has 0 bridgehead atoms. The van der Waals surface area contributed by atoms with Crippen LogP contribution >= 0.6 is 11.6 Å². The zero-order valence-electron chi connectivity index (χ0n) is 9.50. The molecule has 0 unspecified atom stereocenters. The molecule has 1 aromatic carbocycles. The average molecular weight is 237 g/mol. The van der Waals surface area contributed by atoms with Gasteiger partial charge in [-0.2, -0.15) is 0 Å². The van der Waals surface area contributed by atoms with Gasteiger partial charge in [-0.25, -0.2) is 0 Å². The monoisotopic (exact) mass is 236 g/mol. The highest BCUT2D eigenvalue weighted by Crippen LogP contribution is 2.38. The van der Waals surface area contributed by atoms with E-state index in [0.717, 1.165) is 17.2 Å². The molecule has 0 saturated carbocycles. The van der Waals surface area contributed by atoms with Crippen LogP contribution in [0.15, 0.2) is 22.6 Å². The van der Waals surface area contributed by atoms with Crippen LogP contribution in [-0.4, -0.2) is 6.29 Å². The van der Waals surface area contributed by atoms with E-state index in [9.17, 15) is 4.79 Å². The smallest absolute Gasteiger partial charge is 0.185 e. The maximum atomic E-state index is 11.0. The number of aldehydes is 1. The van der Waals surface area contributed by atoms with Gasteiger partial charge in [0.25, 0.3) is 0 Å². The van der Waals surface area contributed by atoms with Crippen molar-refractivity contribution in [3.8, 4) is 0 Å². The first-order chi connectivity index (χ1) is 7.45. The van der Waals surface area contributed by atoms with Crippen molar-refractivity contribution in [3.63, 3.8) is 0 Å². The summed E-state index contributed by atoms with van der Waals surface area (Å²) in [6.07, 6.45) is 0.747. The Balaban J connectivity index is 2.92. The van der Waals surface area contributed by atoms with Crippen LogP contribution < -0.4 is 0 Å². The van der Waals surface area contributed by atoms with Gasteiger partial charge in [-0.3, -0.25) is 4.79 Å². The highest BCUT2D eigenvalue weighted by Gasteiger charge is 2.26. The fraction of sp³-hybridized carbons (Fsp3) is 0.308. The Kier molecular flexibility index (Phi) is 2.55. The number of hydrogen-bond acceptors (Lipinski definition) is 2. The van der Waals surface area contributed by atoms with Crippen molar-refractivity contribution >= 4 is 28.9 Å². The Hall–Kier alpha value is -1.28. The summed E-state index contributed by atoms with van der Waals surface area (Å²) in [6, 6.07) is 5.45. The lowest BCUT2D eigenvalue weighted by Gasteiger charge is -2.18. The van der Waals surface area contributed by atoms with Crippen molar-refractivity contribution < 1.29 is 9.21 Å². The molecule has 16 heavy (non-hydrogen) atoms. The number of hydrogen-bond donors (Lipinski definition) is 0. The summed E-state index contributed by atoms with van der Waals surface area (Å²) in [5.41, 5.74) is 1.37. The van der Waals surface area contributed by atoms with Crippen molar-refractivity contribution in [1.29, 1.82) is 0 Å². The van der Waals surface area contributed by atoms with Crippen LogP contribution in [0.25, 0.3) is 11.0 Å². The van der Waals surface area contributed by atoms with Gasteiger partial charge in [0, 0.05) is 10.9 Å². The third kappa shape index (κ3) is 1.63. The summed E-state index contributed by atoms with van der Waals surface area (Å²) in [7, 11) is 0. The molecule has 1 heterocycles. The standard InChI is InChI=1S/C13H13ClO2/c1-13(2,3)12-10(7-15)16-9-6-4-5-8(14)11(9)12/h4-7H,1-3H3. The van der Waals surface area contributed by atoms with E-state index in [0.29, 0.717) is 16.4 Å². The average Bonchev–Trinajstić information content (AvgIpc) is 2.57. The Bertz CT molecular complexity index is 547. The van der Waals surface area contributed by atoms with Gasteiger partial charge < -0.3 is 4.42 Å². The van der Waals surface area contributed by atoms with E-state index in [-0.39, 0.29) is 5.41 Å². The minimum absolute atomic E-state index is 0.174. The second-order valence-corrected chi connectivity index (χ2v) is 5.23. The van der Waals surface area contributed by atoms with Gasteiger partial charge >= 0.3 is 0 Å². The Morgan fingerprint density at radius 2 is 2.00 bits per heavy atom. The third-order valence-corrected chi connectivity index (χ3v) is 2.86. The van der Waals surface area contributed by atoms with Crippen molar-refractivity contribution in [1.82, 2.24) is 0 Å². The van der Waals surface area contributed by atoms with Gasteiger partial charge in [-0.1, -0.05) is 38.4 Å². The second kappa shape index (κ2) is 3.63. The number of furan rings is 1. The first-order valence-electron chi connectivity index (χ1n) is 5.12. The Morgan fingerprint density at radius 1 is 1.31 bits per heavy atom. The second-order valence-electron chi connectivity index (χ2n) is 4.82. The maximum absolute atomic E-state index is 11.0. The number of halogens is 1. The van der Waals surface area contributed by atoms with Crippen molar-refractivity contribution in [3.05, 3.63) is 34.5 Å². The highest BCUT2D eigenvalue weighted by atomic mass is 35.5. The van der Waals surface area contributed by atoms with Crippen molar-refractivity contribution in [2.24, 2.45) is 0 Å². The predicted octanol–water partition coefficient (Wildman–Crippen LogP) is 4.20. The van der Waals surface area contributed by atoms with Crippen LogP contribution in [0.3, 0.4) is 0 Å². The van der Waals surface area contributed by atoms with Crippen molar-refractivity contribution in [2.75, 3.05) is 0 Å². The quantitative estimate of drug-likeness (QED) is 0.695. The lowest BCUT2D eigenvalue weighted by atomic mass is 9.85. The molecule has 0 saturated heterocycles. The molecule has 0 aliphatic rings. The van der Waals surface area contributed by atoms with E-state index in [2.05, 4.69) is 0 Å². The summed E-state index contributed by atoms with van der Waals surface area (Å²) in [5.74, 6) is 0.371. The molecule has 2 rings (SSSR count). The van der Waals surface area contributed by atoms with E-state index >= 15 is 0 Å². The van der Waals surface area contributed by atoms with E-state index < -0.39 is 0 Å². The van der Waals surface area contributed by atoms with Crippen molar-refractivity contribution in [2.45, 2.75) is 26.2 Å². The largest absolute Gasteiger partial charge is 0.453 e. The summed E-state index contributed by atoms with van der Waals surface area (Å²) >= 11 is 6.16. The van der Waals surface area contributed by atoms with Gasteiger partial charge in [0.15, 0.2) is 12.0 Å². The van der Waals surface area contributed by atoms with Crippen LogP contribution in [0.4, 0.5) is 0 Å². The molecule has 1 aromatic heterocycles. The van der Waals surface area contributed by atoms with E-state index in [1.54, 1.807) is 0 Å². The molecule has 2 nitrogen and oxygen atoms in total. The number of carbonyl (C=O) groups is 1. The zero-order chi connectivity index (χ0) is 11.9. The summed E-state index contributed by atoms with van der Waals surface area (Å²) in [4.78, 5) is 11.0. The minimum atomic E-state index is -0.174. The molecule has 2 aromatic rings. The lowest BCUT2D eigenvalue weighted by Crippen LogP contribution is -2.12. The molecule has 0 N–H and O–H groups in total. The maximum Gasteiger partial charge on any atom is 0.185 e. The number of benzene rings is 1. The number of carbonyl (C=O) groups excluding carboxylic acids is 1. The van der Waals surface area contributed by atoms with E-state index in [1.165, 1.54) is 0 Å². The molecule has 0 aliphatic heterocycles. The molecular weight excluding hydrogens is 224 g/mol. The van der Waals surface area contributed by atoms with Gasteiger partial charge in [-0.05, 0) is 17.5 Å². The van der Waals surface area contributed by atoms with Crippen LogP contribution in [0.2, 0.25) is 5.02 Å². The molecule has 0 radical (unpaired) electrons. The highest BCUT2D eigenvalue weighted by molar-refractivity contribution is 6.35. The van der Waals surface area contributed by atoms with Gasteiger partial charge in [-0.15, -0.1) is 0 Å². The topological polar surface area (TPSA) is 30.2 Å². The summed E-state index contributed by atoms with van der Waals surface area (Å²) < 4.78 is 5.50. The minimum Gasteiger partial charge on any atom is -0.453 e. The van der Waals surface area contributed by atoms with Crippen LogP contribution in [0, 0.1) is 0 Å². The third-order valence-electron chi connectivity index (χ3n) is 2.55. The molecule has 3 heteroatoms. The number of fused-ring (bicyclic) bond motifs is 1. The fourth-order valence-electron chi connectivity index (χ4n) is 1.95. The van der Waals surface area contributed by atoms with Gasteiger partial charge in [0.1, 0.15) is 5.58 Å². The number of rotatable bonds is 1. The van der Waals surface area contributed by atoms with E-state index in [4.69, 9.17) is 16.0 Å². The molecule has 0 spiro atoms. The zero-order valence-corrected chi connectivity index (χ0v) is 10.3. The predicted molar refractivity (Wildman–Crippen MR) is 65.3 cm³/mol. The fourth-order valence-corrected chi connectivity index (χ4v) is 2.21. The van der Waals surface area contributed by atoms with Gasteiger partial charge in [0.2, 0.25) is 0 Å². The van der Waals surface area contributed by atoms with Crippen LogP contribution in [-0.2, 0) is 5.41 Å². The summed E-state index contributed by atoms with van der Waals surface area (Å²) in [6.45, 7) is 6.11. The summed E-state index contributed by atoms with van der Waals surface area (Å²) in [5, 5.41) is 1.47. The van der Waals surface area contributed by atoms with E-state index in [1.807, 2.05) is 39.0 Å². The molecule has 0 amide bonds. The van der Waals surface area contributed by atoms with Crippen LogP contribution in [0.5, 0.6) is 0 Å². The Morgan fingerprint density at radius 3 is 2.56 bits per heavy atom. The first-order valence-corrected chi connectivity index (χ1v) is 5.49. The lowest BCUT2D eigenvalue weighted by molar-refractivity contribution is 0.110. The molecule has 84 valence electrons. The normalized spacial score (nSPS) is 12.0. The van der Waals surface area contributed by atoms with Crippen LogP contribution in [0.1, 0.15) is 36.9 Å². The Labute approximate surface area is 99.2 Å².